The molecule has 0 fully saturated rings. The number of nitrogens with one attached hydrogen (secondary N) is 2. The number of amides is 1. The van der Waals surface area contributed by atoms with Gasteiger partial charge in [0.2, 0.25) is 21.7 Å². The number of sulfonamides is 1. The number of nitro benzene ring substituents is 1. The molecule has 10 heteroatoms. The van der Waals surface area contributed by atoms with Crippen molar-refractivity contribution in [2.24, 2.45) is 0 Å². The van der Waals surface area contributed by atoms with Crippen molar-refractivity contribution in [1.82, 2.24) is 10.0 Å². The molecule has 0 saturated carbocycles. The average Bonchev–Trinajstić information content (AvgIpc) is 2.35. The van der Waals surface area contributed by atoms with Gasteiger partial charge in [0, 0.05) is 18.2 Å². The van der Waals surface area contributed by atoms with E-state index in [1.54, 1.807) is 13.8 Å². The third-order valence-electron chi connectivity index (χ3n) is 2.30. The van der Waals surface area contributed by atoms with E-state index in [9.17, 15) is 27.7 Å². The molecule has 0 atom stereocenters. The Morgan fingerprint density at radius 3 is 2.52 bits per heavy atom. The van der Waals surface area contributed by atoms with E-state index in [4.69, 9.17) is 0 Å². The molecule has 1 aromatic rings. The lowest BCUT2D eigenvalue weighted by Crippen LogP contribution is -2.39. The van der Waals surface area contributed by atoms with E-state index in [2.05, 4.69) is 5.32 Å². The highest BCUT2D eigenvalue weighted by atomic mass is 32.2. The summed E-state index contributed by atoms with van der Waals surface area (Å²) in [5.74, 6) is -1.81. The van der Waals surface area contributed by atoms with Crippen LogP contribution in [0.4, 0.5) is 10.1 Å². The van der Waals surface area contributed by atoms with E-state index in [0.717, 1.165) is 12.1 Å². The number of hydrogen-bond donors (Lipinski definition) is 2. The van der Waals surface area contributed by atoms with Gasteiger partial charge in [-0.1, -0.05) is 0 Å². The highest BCUT2D eigenvalue weighted by Gasteiger charge is 2.21. The number of carbonyl (C=O) groups excluding carboxylic acids is 1. The first-order valence-corrected chi connectivity index (χ1v) is 7.35. The monoisotopic (exact) mass is 319 g/mol. The van der Waals surface area contributed by atoms with Crippen molar-refractivity contribution in [2.45, 2.75) is 24.8 Å². The van der Waals surface area contributed by atoms with Crippen molar-refractivity contribution < 1.29 is 22.5 Å². The Labute approximate surface area is 120 Å². The maximum atomic E-state index is 13.4. The molecular formula is C11H14FN3O5S. The van der Waals surface area contributed by atoms with Gasteiger partial charge >= 0.3 is 5.69 Å². The largest absolute Gasteiger partial charge is 0.353 e. The summed E-state index contributed by atoms with van der Waals surface area (Å²) in [6, 6.07) is 2.02. The molecule has 116 valence electrons. The molecule has 0 saturated heterocycles. The predicted octanol–water partition coefficient (Wildman–Crippen LogP) is 0.537. The second kappa shape index (κ2) is 6.59. The first kappa shape index (κ1) is 17.0. The van der Waals surface area contributed by atoms with Gasteiger partial charge < -0.3 is 5.32 Å². The molecule has 21 heavy (non-hydrogen) atoms. The number of halogens is 1. The topological polar surface area (TPSA) is 118 Å². The lowest BCUT2D eigenvalue weighted by molar-refractivity contribution is -0.387. The van der Waals surface area contributed by atoms with Gasteiger partial charge in [-0.3, -0.25) is 14.9 Å². The van der Waals surface area contributed by atoms with E-state index in [1.165, 1.54) is 0 Å². The van der Waals surface area contributed by atoms with Crippen LogP contribution in [0.15, 0.2) is 23.1 Å². The number of carbonyl (C=O) groups is 1. The van der Waals surface area contributed by atoms with Gasteiger partial charge in [0.25, 0.3) is 0 Å². The summed E-state index contributed by atoms with van der Waals surface area (Å²) in [4.78, 5) is 20.3. The average molecular weight is 319 g/mol. The van der Waals surface area contributed by atoms with Gasteiger partial charge in [-0.2, -0.15) is 4.39 Å². The minimum Gasteiger partial charge on any atom is -0.353 e. The van der Waals surface area contributed by atoms with Crippen LogP contribution in [0, 0.1) is 15.9 Å². The van der Waals surface area contributed by atoms with Crippen molar-refractivity contribution in [3.63, 3.8) is 0 Å². The molecule has 0 aliphatic heterocycles. The second-order valence-corrected chi connectivity index (χ2v) is 6.18. The zero-order valence-corrected chi connectivity index (χ0v) is 12.1. The minimum absolute atomic E-state index is 0.154. The molecular weight excluding hydrogens is 305 g/mol. The molecule has 8 nitrogen and oxygen atoms in total. The fourth-order valence-corrected chi connectivity index (χ4v) is 2.41. The van der Waals surface area contributed by atoms with Gasteiger partial charge in [-0.05, 0) is 19.9 Å². The molecule has 0 aliphatic carbocycles. The first-order valence-electron chi connectivity index (χ1n) is 5.86. The van der Waals surface area contributed by atoms with Crippen molar-refractivity contribution >= 4 is 21.6 Å². The fourth-order valence-electron chi connectivity index (χ4n) is 1.42. The Morgan fingerprint density at radius 2 is 2.05 bits per heavy atom. The molecule has 0 bridgehead atoms. The molecule has 0 aliphatic rings. The molecule has 2 N–H and O–H groups in total. The second-order valence-electron chi connectivity index (χ2n) is 4.42. The lowest BCUT2D eigenvalue weighted by Gasteiger charge is -2.10. The summed E-state index contributed by atoms with van der Waals surface area (Å²) in [7, 11) is -4.13. The summed E-state index contributed by atoms with van der Waals surface area (Å²) in [6.45, 7) is 2.90. The van der Waals surface area contributed by atoms with E-state index >= 15 is 0 Å². The maximum absolute atomic E-state index is 13.4. The Kier molecular flexibility index (Phi) is 5.33. The molecule has 1 rings (SSSR count). The van der Waals surface area contributed by atoms with Crippen LogP contribution in [-0.4, -0.2) is 31.8 Å². The number of hydrogen-bond acceptors (Lipinski definition) is 5. The maximum Gasteiger partial charge on any atom is 0.304 e. The summed E-state index contributed by atoms with van der Waals surface area (Å²) >= 11 is 0. The van der Waals surface area contributed by atoms with Crippen LogP contribution in [-0.2, 0) is 14.8 Å². The minimum atomic E-state index is -4.13. The summed E-state index contributed by atoms with van der Waals surface area (Å²) in [5.41, 5.74) is -0.827. The normalized spacial score (nSPS) is 11.4. The van der Waals surface area contributed by atoms with Crippen LogP contribution < -0.4 is 10.0 Å². The quantitative estimate of drug-likeness (QED) is 0.586. The van der Waals surface area contributed by atoms with Crippen LogP contribution >= 0.6 is 0 Å². The van der Waals surface area contributed by atoms with Gasteiger partial charge in [0.15, 0.2) is 0 Å². The fraction of sp³-hybridized carbons (Fsp3) is 0.364. The van der Waals surface area contributed by atoms with Gasteiger partial charge in [-0.25, -0.2) is 13.1 Å². The van der Waals surface area contributed by atoms with Crippen LogP contribution in [0.25, 0.3) is 0 Å². The summed E-state index contributed by atoms with van der Waals surface area (Å²) in [5, 5.41) is 12.9. The molecule has 1 amide bonds. The Morgan fingerprint density at radius 1 is 1.43 bits per heavy atom. The zero-order valence-electron chi connectivity index (χ0n) is 11.3. The zero-order chi connectivity index (χ0) is 16.2. The molecule has 1 aromatic carbocycles. The Bertz CT molecular complexity index is 660. The molecule has 0 aromatic heterocycles. The van der Waals surface area contributed by atoms with Gasteiger partial charge in [-0.15, -0.1) is 0 Å². The molecule has 0 radical (unpaired) electrons. The van der Waals surface area contributed by atoms with E-state index in [1.807, 2.05) is 4.72 Å². The number of nitrogens with zero attached hydrogens (tertiary/aromatic N) is 1. The van der Waals surface area contributed by atoms with Crippen LogP contribution in [0.3, 0.4) is 0 Å². The Balaban J connectivity index is 2.86. The SMILES string of the molecule is CC(C)NC(=O)CNS(=O)(=O)c1ccc([N+](=O)[O-])c(F)c1. The van der Waals surface area contributed by atoms with Crippen LogP contribution in [0.1, 0.15) is 13.8 Å². The standard InChI is InChI=1S/C11H14FN3O5S/c1-7(2)14-11(16)6-13-21(19,20)8-3-4-10(15(17)18)9(12)5-8/h3-5,7,13H,6H2,1-2H3,(H,14,16). The lowest BCUT2D eigenvalue weighted by atomic mass is 10.3. The number of nitro groups is 1. The third kappa shape index (κ3) is 4.76. The smallest absolute Gasteiger partial charge is 0.304 e. The predicted molar refractivity (Wildman–Crippen MR) is 71.5 cm³/mol. The van der Waals surface area contributed by atoms with Crippen molar-refractivity contribution in [3.8, 4) is 0 Å². The van der Waals surface area contributed by atoms with E-state index in [0.29, 0.717) is 6.07 Å². The van der Waals surface area contributed by atoms with E-state index in [-0.39, 0.29) is 6.04 Å². The van der Waals surface area contributed by atoms with Crippen LogP contribution in [0.5, 0.6) is 0 Å². The third-order valence-corrected chi connectivity index (χ3v) is 3.70. The van der Waals surface area contributed by atoms with Crippen molar-refractivity contribution in [2.75, 3.05) is 6.54 Å². The molecule has 0 unspecified atom stereocenters. The highest BCUT2D eigenvalue weighted by molar-refractivity contribution is 7.89. The van der Waals surface area contributed by atoms with E-state index < -0.39 is 43.8 Å². The highest BCUT2D eigenvalue weighted by Crippen LogP contribution is 2.20. The van der Waals surface area contributed by atoms with Gasteiger partial charge in [0.1, 0.15) is 0 Å². The molecule has 0 heterocycles. The Hall–Kier alpha value is -2.07. The van der Waals surface area contributed by atoms with Crippen molar-refractivity contribution in [3.05, 3.63) is 34.1 Å². The first-order chi connectivity index (χ1) is 9.63. The summed E-state index contributed by atoms with van der Waals surface area (Å²) in [6.07, 6.45) is 0. The summed E-state index contributed by atoms with van der Waals surface area (Å²) < 4.78 is 39.0. The van der Waals surface area contributed by atoms with Crippen molar-refractivity contribution in [1.29, 1.82) is 0 Å². The van der Waals surface area contributed by atoms with Crippen LogP contribution in [0.2, 0.25) is 0 Å². The number of benzene rings is 1. The number of rotatable bonds is 6. The van der Waals surface area contributed by atoms with Gasteiger partial charge in [0.05, 0.1) is 16.4 Å². The molecule has 0 spiro atoms.